The molecule has 2 N–H and O–H groups in total. The van der Waals surface area contributed by atoms with Gasteiger partial charge in [-0.1, -0.05) is 18.6 Å². The van der Waals surface area contributed by atoms with Gasteiger partial charge in [0.1, 0.15) is 0 Å². The minimum absolute atomic E-state index is 0.205. The zero-order valence-electron chi connectivity index (χ0n) is 9.82. The van der Waals surface area contributed by atoms with Crippen LogP contribution in [0, 0.1) is 17.7 Å². The Hall–Kier alpha value is -1.09. The van der Waals surface area contributed by atoms with Crippen LogP contribution in [0.25, 0.3) is 0 Å². The Labute approximate surface area is 101 Å². The zero-order valence-corrected chi connectivity index (χ0v) is 9.82. The van der Waals surface area contributed by atoms with Crippen molar-refractivity contribution in [3.63, 3.8) is 0 Å². The van der Waals surface area contributed by atoms with Crippen molar-refractivity contribution in [2.24, 2.45) is 11.8 Å². The summed E-state index contributed by atoms with van der Waals surface area (Å²) in [7, 11) is 0. The lowest BCUT2D eigenvalue weighted by Gasteiger charge is -2.23. The predicted molar refractivity (Wildman–Crippen MR) is 64.1 cm³/mol. The first kappa shape index (κ1) is 11.0. The van der Waals surface area contributed by atoms with Crippen LogP contribution in [-0.4, -0.2) is 11.1 Å². The summed E-state index contributed by atoms with van der Waals surface area (Å²) < 4.78 is 13.2. The number of benzene rings is 1. The Morgan fingerprint density at radius 2 is 2.18 bits per heavy atom. The van der Waals surface area contributed by atoms with Crippen molar-refractivity contribution < 1.29 is 9.50 Å². The van der Waals surface area contributed by atoms with Gasteiger partial charge in [0.05, 0.1) is 0 Å². The van der Waals surface area contributed by atoms with E-state index >= 15 is 0 Å². The van der Waals surface area contributed by atoms with E-state index in [9.17, 15) is 9.50 Å². The van der Waals surface area contributed by atoms with E-state index in [0.717, 1.165) is 11.8 Å². The normalized spacial score (nSPS) is 31.0. The van der Waals surface area contributed by atoms with Gasteiger partial charge in [0.15, 0.2) is 11.6 Å². The molecule has 92 valence electrons. The molecule has 3 heteroatoms. The first-order valence-corrected chi connectivity index (χ1v) is 6.44. The summed E-state index contributed by atoms with van der Waals surface area (Å²) >= 11 is 0. The van der Waals surface area contributed by atoms with Crippen LogP contribution in [0.1, 0.15) is 31.2 Å². The molecule has 0 spiro atoms. The molecule has 2 aliphatic rings. The van der Waals surface area contributed by atoms with Gasteiger partial charge in [0, 0.05) is 18.2 Å². The summed E-state index contributed by atoms with van der Waals surface area (Å²) in [4.78, 5) is 0. The van der Waals surface area contributed by atoms with E-state index in [0.29, 0.717) is 18.2 Å². The van der Waals surface area contributed by atoms with Gasteiger partial charge in [-0.25, -0.2) is 4.39 Å². The molecule has 0 radical (unpaired) electrons. The predicted octanol–water partition coefficient (Wildman–Crippen LogP) is 2.81. The molecule has 0 heterocycles. The van der Waals surface area contributed by atoms with Crippen molar-refractivity contribution in [2.45, 2.75) is 38.3 Å². The van der Waals surface area contributed by atoms with Gasteiger partial charge in [0.25, 0.3) is 0 Å². The maximum absolute atomic E-state index is 13.2. The average molecular weight is 235 g/mol. The number of fused-ring (bicyclic) bond motifs is 2. The zero-order chi connectivity index (χ0) is 11.8. The van der Waals surface area contributed by atoms with Crippen molar-refractivity contribution in [2.75, 3.05) is 0 Å². The van der Waals surface area contributed by atoms with E-state index in [4.69, 9.17) is 0 Å². The van der Waals surface area contributed by atoms with Crippen molar-refractivity contribution in [3.8, 4) is 5.75 Å². The Bertz CT molecular complexity index is 421. The molecule has 1 aromatic carbocycles. The minimum Gasteiger partial charge on any atom is -0.505 e. The molecule has 2 aliphatic carbocycles. The van der Waals surface area contributed by atoms with Crippen molar-refractivity contribution in [3.05, 3.63) is 29.6 Å². The standard InChI is InChI=1S/C14H18FNO/c15-12-3-1-2-11(14(12)17)8-16-13-7-9-4-5-10(13)6-9/h1-3,9-10,13,16-17H,4-8H2. The summed E-state index contributed by atoms with van der Waals surface area (Å²) in [6.07, 6.45) is 5.32. The molecule has 3 unspecified atom stereocenters. The highest BCUT2D eigenvalue weighted by atomic mass is 19.1. The number of phenols is 1. The van der Waals surface area contributed by atoms with Gasteiger partial charge >= 0.3 is 0 Å². The smallest absolute Gasteiger partial charge is 0.165 e. The summed E-state index contributed by atoms with van der Waals surface area (Å²) in [5.41, 5.74) is 0.660. The quantitative estimate of drug-likeness (QED) is 0.844. The molecule has 0 amide bonds. The molecule has 0 saturated heterocycles. The number of rotatable bonds is 3. The van der Waals surface area contributed by atoms with Gasteiger partial charge in [-0.3, -0.25) is 0 Å². The van der Waals surface area contributed by atoms with E-state index in [1.807, 2.05) is 0 Å². The summed E-state index contributed by atoms with van der Waals surface area (Å²) in [5.74, 6) is 0.967. The van der Waals surface area contributed by atoms with Gasteiger partial charge in [-0.15, -0.1) is 0 Å². The number of phenolic OH excluding ortho intramolecular Hbond substituents is 1. The highest BCUT2D eigenvalue weighted by Crippen LogP contribution is 2.44. The molecule has 17 heavy (non-hydrogen) atoms. The molecule has 0 aliphatic heterocycles. The lowest BCUT2D eigenvalue weighted by molar-refractivity contribution is 0.346. The third-order valence-corrected chi connectivity index (χ3v) is 4.36. The van der Waals surface area contributed by atoms with Gasteiger partial charge in [0.2, 0.25) is 0 Å². The third-order valence-electron chi connectivity index (χ3n) is 4.36. The average Bonchev–Trinajstić information content (AvgIpc) is 2.93. The van der Waals surface area contributed by atoms with Crippen molar-refractivity contribution in [1.29, 1.82) is 0 Å². The molecule has 2 nitrogen and oxygen atoms in total. The van der Waals surface area contributed by atoms with Crippen molar-refractivity contribution in [1.82, 2.24) is 5.32 Å². The number of halogens is 1. The molecule has 2 bridgehead atoms. The third kappa shape index (κ3) is 2.04. The van der Waals surface area contributed by atoms with Crippen LogP contribution < -0.4 is 5.32 Å². The lowest BCUT2D eigenvalue weighted by atomic mass is 9.95. The largest absolute Gasteiger partial charge is 0.505 e. The van der Waals surface area contributed by atoms with E-state index < -0.39 is 5.82 Å². The lowest BCUT2D eigenvalue weighted by Crippen LogP contribution is -2.33. The number of para-hydroxylation sites is 1. The summed E-state index contributed by atoms with van der Waals surface area (Å²) in [6, 6.07) is 5.28. The Balaban J connectivity index is 1.62. The number of aromatic hydroxyl groups is 1. The molecule has 2 fully saturated rings. The highest BCUT2D eigenvalue weighted by Gasteiger charge is 2.39. The van der Waals surface area contributed by atoms with Crippen molar-refractivity contribution >= 4 is 0 Å². The molecule has 2 saturated carbocycles. The monoisotopic (exact) mass is 235 g/mol. The van der Waals surface area contributed by atoms with Crippen LogP contribution in [0.3, 0.4) is 0 Å². The Morgan fingerprint density at radius 3 is 2.88 bits per heavy atom. The van der Waals surface area contributed by atoms with Crippen LogP contribution in [0.15, 0.2) is 18.2 Å². The SMILES string of the molecule is Oc1c(F)cccc1CNC1CC2CCC1C2. The van der Waals surface area contributed by atoms with Gasteiger partial charge < -0.3 is 10.4 Å². The molecular formula is C14H18FNO. The van der Waals surface area contributed by atoms with E-state index in [1.54, 1.807) is 12.1 Å². The highest BCUT2D eigenvalue weighted by molar-refractivity contribution is 5.33. The molecule has 3 atom stereocenters. The van der Waals surface area contributed by atoms with Gasteiger partial charge in [-0.2, -0.15) is 0 Å². The van der Waals surface area contributed by atoms with E-state index in [2.05, 4.69) is 5.32 Å². The maximum Gasteiger partial charge on any atom is 0.165 e. The van der Waals surface area contributed by atoms with Crippen LogP contribution in [-0.2, 0) is 6.54 Å². The topological polar surface area (TPSA) is 32.3 Å². The first-order chi connectivity index (χ1) is 8.24. The Kier molecular flexibility index (Phi) is 2.79. The van der Waals surface area contributed by atoms with Gasteiger partial charge in [-0.05, 0) is 37.2 Å². The number of hydrogen-bond acceptors (Lipinski definition) is 2. The molecule has 1 aromatic rings. The molecule has 3 rings (SSSR count). The minimum atomic E-state index is -0.530. The number of nitrogens with one attached hydrogen (secondary N) is 1. The van der Waals surface area contributed by atoms with Crippen LogP contribution in [0.2, 0.25) is 0 Å². The van der Waals surface area contributed by atoms with Crippen LogP contribution in [0.4, 0.5) is 4.39 Å². The summed E-state index contributed by atoms with van der Waals surface area (Å²) in [6.45, 7) is 0.567. The fourth-order valence-corrected chi connectivity index (χ4v) is 3.44. The number of hydrogen-bond donors (Lipinski definition) is 2. The second kappa shape index (κ2) is 4.30. The second-order valence-electron chi connectivity index (χ2n) is 5.41. The second-order valence-corrected chi connectivity index (χ2v) is 5.41. The van der Waals surface area contributed by atoms with Crippen LogP contribution >= 0.6 is 0 Å². The molecular weight excluding hydrogens is 217 g/mol. The van der Waals surface area contributed by atoms with Crippen LogP contribution in [0.5, 0.6) is 5.75 Å². The van der Waals surface area contributed by atoms with E-state index in [-0.39, 0.29) is 5.75 Å². The fraction of sp³-hybridized carbons (Fsp3) is 0.571. The first-order valence-electron chi connectivity index (χ1n) is 6.44. The van der Waals surface area contributed by atoms with E-state index in [1.165, 1.54) is 31.7 Å². The Morgan fingerprint density at radius 1 is 1.29 bits per heavy atom. The summed E-state index contributed by atoms with van der Waals surface area (Å²) in [5, 5.41) is 13.1. The molecule has 0 aromatic heterocycles. The fourth-order valence-electron chi connectivity index (χ4n) is 3.44. The maximum atomic E-state index is 13.2.